The number of carbonyl (C=O) groups is 1. The van der Waals surface area contributed by atoms with Gasteiger partial charge in [-0.05, 0) is 56.6 Å². The van der Waals surface area contributed by atoms with Crippen molar-refractivity contribution in [2.45, 2.75) is 69.6 Å². The van der Waals surface area contributed by atoms with Crippen LogP contribution in [0.2, 0.25) is 0 Å². The molecule has 1 aromatic heterocycles. The summed E-state index contributed by atoms with van der Waals surface area (Å²) in [6.45, 7) is 0.183. The summed E-state index contributed by atoms with van der Waals surface area (Å²) in [5.41, 5.74) is 4.42. The summed E-state index contributed by atoms with van der Waals surface area (Å²) in [6.07, 6.45) is 7.41. The van der Waals surface area contributed by atoms with Crippen molar-refractivity contribution in [3.05, 3.63) is 41.8 Å². The maximum Gasteiger partial charge on any atom is 0.245 e. The molecule has 39 heavy (non-hydrogen) atoms. The molecule has 3 N–H and O–H groups in total. The number of aromatic nitrogens is 1. The Morgan fingerprint density at radius 3 is 2.56 bits per heavy atom. The number of aliphatic hydroxyl groups excluding tert-OH is 1. The van der Waals surface area contributed by atoms with Crippen LogP contribution in [0, 0.1) is 5.92 Å². The zero-order valence-electron chi connectivity index (χ0n) is 22.2. The number of hydrogen-bond acceptors (Lipinski definition) is 10. The molecule has 0 spiro atoms. The fourth-order valence-corrected chi connectivity index (χ4v) is 7.03. The number of aliphatic hydroxyl groups is 1. The van der Waals surface area contributed by atoms with Crippen LogP contribution in [0.3, 0.4) is 0 Å². The van der Waals surface area contributed by atoms with Gasteiger partial charge < -0.3 is 19.8 Å². The number of oxazole rings is 1. The second-order valence-corrected chi connectivity index (χ2v) is 14.7. The molecule has 1 aromatic carbocycles. The van der Waals surface area contributed by atoms with Gasteiger partial charge in [0.25, 0.3) is 0 Å². The van der Waals surface area contributed by atoms with Crippen molar-refractivity contribution in [1.82, 2.24) is 20.7 Å². The van der Waals surface area contributed by atoms with Crippen LogP contribution in [0.4, 0.5) is 0 Å². The lowest BCUT2D eigenvalue weighted by atomic mass is 10.2. The molecule has 0 bridgehead atoms. The molecule has 2 aliphatic carbocycles. The standard InChI is InChI=1S/C26H38N4O7S2/c1-38(33,34)16-15-30(29-20-7-2-3-8-20)22(18-39(35,36)17-19-12-13-19)25(32)27-14-6-10-23(31)26-28-21-9-4-5-11-24(21)37-26/h4-5,9,11,15-16,19-20,22-23,29,31H,2-3,6-8,10,12-14,17-18H2,1H3,(H,27,32). The van der Waals surface area contributed by atoms with Gasteiger partial charge in [-0.3, -0.25) is 4.79 Å². The number of hydrazine groups is 1. The van der Waals surface area contributed by atoms with Gasteiger partial charge >= 0.3 is 0 Å². The Labute approximate surface area is 229 Å². The minimum Gasteiger partial charge on any atom is -0.438 e. The van der Waals surface area contributed by atoms with E-state index in [1.807, 2.05) is 12.1 Å². The summed E-state index contributed by atoms with van der Waals surface area (Å²) in [6, 6.07) is 6.05. The molecule has 13 heteroatoms. The lowest BCUT2D eigenvalue weighted by Gasteiger charge is -2.32. The largest absolute Gasteiger partial charge is 0.438 e. The lowest BCUT2D eigenvalue weighted by molar-refractivity contribution is -0.126. The second kappa shape index (κ2) is 12.8. The Balaban J connectivity index is 1.42. The summed E-state index contributed by atoms with van der Waals surface area (Å²) < 4.78 is 55.2. The Morgan fingerprint density at radius 2 is 1.90 bits per heavy atom. The average molecular weight is 583 g/mol. The molecule has 2 fully saturated rings. The first-order chi connectivity index (χ1) is 18.5. The molecule has 1 heterocycles. The van der Waals surface area contributed by atoms with Crippen LogP contribution in [-0.2, 0) is 24.5 Å². The molecule has 2 aromatic rings. The van der Waals surface area contributed by atoms with Gasteiger partial charge in [-0.25, -0.2) is 27.2 Å². The Bertz CT molecular complexity index is 1330. The summed E-state index contributed by atoms with van der Waals surface area (Å²) >= 11 is 0. The molecule has 0 aliphatic heterocycles. The van der Waals surface area contributed by atoms with Gasteiger partial charge in [0.1, 0.15) is 17.7 Å². The molecule has 2 unspecified atom stereocenters. The molecule has 0 saturated heterocycles. The third-order valence-electron chi connectivity index (χ3n) is 6.94. The summed E-state index contributed by atoms with van der Waals surface area (Å²) in [7, 11) is -7.09. The highest BCUT2D eigenvalue weighted by Gasteiger charge is 2.35. The Morgan fingerprint density at radius 1 is 1.18 bits per heavy atom. The normalized spacial score (nSPS) is 18.5. The van der Waals surface area contributed by atoms with Crippen molar-refractivity contribution in [2.75, 3.05) is 24.3 Å². The second-order valence-electron chi connectivity index (χ2n) is 10.6. The number of nitrogens with one attached hydrogen (secondary N) is 2. The van der Waals surface area contributed by atoms with Crippen LogP contribution in [0.5, 0.6) is 0 Å². The van der Waals surface area contributed by atoms with Crippen LogP contribution in [0.25, 0.3) is 11.1 Å². The molecule has 2 saturated carbocycles. The minimum atomic E-state index is -3.57. The number of sulfone groups is 2. The van der Waals surface area contributed by atoms with E-state index in [4.69, 9.17) is 4.42 Å². The number of rotatable bonds is 15. The molecule has 11 nitrogen and oxygen atoms in total. The topological polar surface area (TPSA) is 159 Å². The van der Waals surface area contributed by atoms with Crippen LogP contribution in [0.15, 0.2) is 40.3 Å². The first-order valence-corrected chi connectivity index (χ1v) is 17.2. The van der Waals surface area contributed by atoms with E-state index in [9.17, 15) is 26.7 Å². The molecule has 2 aliphatic rings. The Hall–Kier alpha value is -2.48. The van der Waals surface area contributed by atoms with E-state index in [0.29, 0.717) is 17.5 Å². The molecular weight excluding hydrogens is 544 g/mol. The third kappa shape index (κ3) is 9.30. The highest BCUT2D eigenvalue weighted by Crippen LogP contribution is 2.31. The number of carbonyl (C=O) groups excluding carboxylic acids is 1. The molecule has 1 amide bonds. The van der Waals surface area contributed by atoms with Crippen molar-refractivity contribution in [2.24, 2.45) is 5.92 Å². The number of benzene rings is 1. The maximum atomic E-state index is 13.4. The molecule has 2 atom stereocenters. The zero-order valence-corrected chi connectivity index (χ0v) is 23.8. The molecule has 0 radical (unpaired) electrons. The summed E-state index contributed by atoms with van der Waals surface area (Å²) in [5.74, 6) is -0.636. The number of nitrogens with zero attached hydrogens (tertiary/aromatic N) is 2. The first kappa shape index (κ1) is 29.5. The minimum absolute atomic E-state index is 0.0144. The van der Waals surface area contributed by atoms with Gasteiger partial charge in [0, 0.05) is 30.5 Å². The van der Waals surface area contributed by atoms with Gasteiger partial charge in [-0.2, -0.15) is 0 Å². The van der Waals surface area contributed by atoms with E-state index < -0.39 is 43.5 Å². The van der Waals surface area contributed by atoms with E-state index in [0.717, 1.165) is 50.2 Å². The van der Waals surface area contributed by atoms with Crippen LogP contribution >= 0.6 is 0 Å². The predicted molar refractivity (Wildman–Crippen MR) is 148 cm³/mol. The smallest absolute Gasteiger partial charge is 0.245 e. The average Bonchev–Trinajstić information content (AvgIpc) is 3.34. The van der Waals surface area contributed by atoms with Crippen molar-refractivity contribution in [3.63, 3.8) is 0 Å². The highest BCUT2D eigenvalue weighted by atomic mass is 32.2. The van der Waals surface area contributed by atoms with Gasteiger partial charge in [-0.15, -0.1) is 0 Å². The van der Waals surface area contributed by atoms with Gasteiger partial charge in [0.15, 0.2) is 25.3 Å². The van der Waals surface area contributed by atoms with E-state index in [1.165, 1.54) is 11.2 Å². The van der Waals surface area contributed by atoms with E-state index in [2.05, 4.69) is 15.7 Å². The number of amides is 1. The van der Waals surface area contributed by atoms with Crippen molar-refractivity contribution in [1.29, 1.82) is 0 Å². The van der Waals surface area contributed by atoms with Gasteiger partial charge in [-0.1, -0.05) is 25.0 Å². The van der Waals surface area contributed by atoms with Crippen LogP contribution < -0.4 is 10.7 Å². The van der Waals surface area contributed by atoms with Crippen LogP contribution in [0.1, 0.15) is 63.4 Å². The highest BCUT2D eigenvalue weighted by molar-refractivity contribution is 7.93. The summed E-state index contributed by atoms with van der Waals surface area (Å²) in [5, 5.41) is 15.6. The maximum absolute atomic E-state index is 13.4. The third-order valence-corrected chi connectivity index (χ3v) is 9.36. The lowest BCUT2D eigenvalue weighted by Crippen LogP contribution is -2.55. The number of hydrogen-bond donors (Lipinski definition) is 3. The van der Waals surface area contributed by atoms with Crippen molar-refractivity contribution < 1.29 is 31.2 Å². The van der Waals surface area contributed by atoms with E-state index in [1.54, 1.807) is 12.1 Å². The number of fused-ring (bicyclic) bond motifs is 1. The molecular formula is C26H38N4O7S2. The van der Waals surface area contributed by atoms with E-state index >= 15 is 0 Å². The predicted octanol–water partition coefficient (Wildman–Crippen LogP) is 2.22. The fourth-order valence-electron chi connectivity index (χ4n) is 4.69. The SMILES string of the molecule is CS(=O)(=O)C=CN(NC1CCCC1)C(CS(=O)(=O)CC1CC1)C(=O)NCCCC(O)c1nc2ccccc2o1. The summed E-state index contributed by atoms with van der Waals surface area (Å²) in [4.78, 5) is 17.7. The van der Waals surface area contributed by atoms with Crippen molar-refractivity contribution >= 4 is 36.7 Å². The van der Waals surface area contributed by atoms with Crippen LogP contribution in [-0.4, -0.2) is 74.2 Å². The monoisotopic (exact) mass is 582 g/mol. The quantitative estimate of drug-likeness (QED) is 0.210. The Kier molecular flexibility index (Phi) is 9.68. The zero-order chi connectivity index (χ0) is 28.0. The van der Waals surface area contributed by atoms with Gasteiger partial charge in [0.2, 0.25) is 11.8 Å². The fraction of sp³-hybridized carbons (Fsp3) is 0.615. The van der Waals surface area contributed by atoms with Gasteiger partial charge in [0.05, 0.1) is 11.5 Å². The van der Waals surface area contributed by atoms with E-state index in [-0.39, 0.29) is 36.6 Å². The molecule has 216 valence electrons. The number of para-hydroxylation sites is 2. The first-order valence-electron chi connectivity index (χ1n) is 13.4. The molecule has 4 rings (SSSR count). The van der Waals surface area contributed by atoms with Crippen molar-refractivity contribution in [3.8, 4) is 0 Å².